The molecule has 0 saturated heterocycles. The Morgan fingerprint density at radius 3 is 2.46 bits per heavy atom. The standard InChI is InChI=1S/C25H22F3N5OS/c1-14(2)17-8-4-5-9-20(17)33-23(16-7-6-12-29-13-16)31-32-25(33)35-15(3)24(34)30-19-11-10-18(26)21(27)22(19)28/h4-15H,1-3H3,(H,30,34). The lowest BCUT2D eigenvalue weighted by Crippen LogP contribution is -2.24. The van der Waals surface area contributed by atoms with Crippen molar-refractivity contribution < 1.29 is 18.0 Å². The van der Waals surface area contributed by atoms with Gasteiger partial charge in [-0.15, -0.1) is 10.2 Å². The molecule has 4 rings (SSSR count). The molecule has 1 N–H and O–H groups in total. The van der Waals surface area contributed by atoms with Crippen LogP contribution in [-0.2, 0) is 4.79 Å². The molecule has 180 valence electrons. The first-order chi connectivity index (χ1) is 16.8. The quantitative estimate of drug-likeness (QED) is 0.251. The Bertz CT molecular complexity index is 1360. The van der Waals surface area contributed by atoms with Gasteiger partial charge in [0.15, 0.2) is 28.4 Å². The van der Waals surface area contributed by atoms with Gasteiger partial charge in [-0.3, -0.25) is 14.3 Å². The smallest absolute Gasteiger partial charge is 0.237 e. The topological polar surface area (TPSA) is 72.7 Å². The number of para-hydroxylation sites is 1. The molecule has 2 aromatic heterocycles. The lowest BCUT2D eigenvalue weighted by atomic mass is 10.0. The van der Waals surface area contributed by atoms with E-state index in [0.717, 1.165) is 40.7 Å². The Balaban J connectivity index is 1.70. The predicted molar refractivity (Wildman–Crippen MR) is 129 cm³/mol. The highest BCUT2D eigenvalue weighted by atomic mass is 32.2. The zero-order chi connectivity index (χ0) is 25.1. The molecule has 0 saturated carbocycles. The third-order valence-corrected chi connectivity index (χ3v) is 6.34. The van der Waals surface area contributed by atoms with Crippen LogP contribution in [0.15, 0.2) is 66.1 Å². The van der Waals surface area contributed by atoms with Crippen molar-refractivity contribution >= 4 is 23.4 Å². The van der Waals surface area contributed by atoms with Gasteiger partial charge in [0, 0.05) is 18.0 Å². The van der Waals surface area contributed by atoms with Gasteiger partial charge in [-0.2, -0.15) is 0 Å². The van der Waals surface area contributed by atoms with Crippen LogP contribution in [0.5, 0.6) is 0 Å². The second kappa shape index (κ2) is 10.3. The first-order valence-electron chi connectivity index (χ1n) is 10.8. The van der Waals surface area contributed by atoms with Crippen LogP contribution in [0.25, 0.3) is 17.1 Å². The number of pyridine rings is 1. The molecular formula is C25H22F3N5OS. The van der Waals surface area contributed by atoms with Gasteiger partial charge in [-0.25, -0.2) is 13.2 Å². The predicted octanol–water partition coefficient (Wildman–Crippen LogP) is 5.99. The number of halogens is 3. The van der Waals surface area contributed by atoms with Crippen molar-refractivity contribution in [3.8, 4) is 17.1 Å². The summed E-state index contributed by atoms with van der Waals surface area (Å²) in [5.74, 6) is -4.28. The lowest BCUT2D eigenvalue weighted by Gasteiger charge is -2.18. The van der Waals surface area contributed by atoms with Crippen molar-refractivity contribution in [2.24, 2.45) is 0 Å². The summed E-state index contributed by atoms with van der Waals surface area (Å²) in [6.07, 6.45) is 3.33. The molecule has 1 amide bonds. The maximum Gasteiger partial charge on any atom is 0.237 e. The number of amides is 1. The number of hydrogen-bond acceptors (Lipinski definition) is 5. The number of anilines is 1. The van der Waals surface area contributed by atoms with Gasteiger partial charge in [-0.05, 0) is 48.7 Å². The Labute approximate surface area is 204 Å². The van der Waals surface area contributed by atoms with E-state index in [1.807, 2.05) is 34.9 Å². The van der Waals surface area contributed by atoms with Gasteiger partial charge in [-0.1, -0.05) is 43.8 Å². The third kappa shape index (κ3) is 5.07. The van der Waals surface area contributed by atoms with E-state index >= 15 is 0 Å². The summed E-state index contributed by atoms with van der Waals surface area (Å²) in [5.41, 5.74) is 2.21. The first kappa shape index (κ1) is 24.5. The minimum atomic E-state index is -1.64. The average molecular weight is 498 g/mol. The molecule has 0 aliphatic rings. The summed E-state index contributed by atoms with van der Waals surface area (Å²) in [6, 6.07) is 13.2. The van der Waals surface area contributed by atoms with E-state index in [2.05, 4.69) is 34.3 Å². The van der Waals surface area contributed by atoms with E-state index in [-0.39, 0.29) is 5.92 Å². The van der Waals surface area contributed by atoms with Gasteiger partial charge in [0.05, 0.1) is 16.6 Å². The third-order valence-electron chi connectivity index (χ3n) is 5.30. The van der Waals surface area contributed by atoms with Crippen LogP contribution < -0.4 is 5.32 Å². The highest BCUT2D eigenvalue weighted by molar-refractivity contribution is 8.00. The van der Waals surface area contributed by atoms with Crippen LogP contribution in [0.4, 0.5) is 18.9 Å². The fourth-order valence-electron chi connectivity index (χ4n) is 3.49. The van der Waals surface area contributed by atoms with Gasteiger partial charge >= 0.3 is 0 Å². The lowest BCUT2D eigenvalue weighted by molar-refractivity contribution is -0.115. The number of nitrogens with one attached hydrogen (secondary N) is 1. The van der Waals surface area contributed by atoms with Gasteiger partial charge in [0.1, 0.15) is 0 Å². The molecule has 1 unspecified atom stereocenters. The fraction of sp³-hybridized carbons (Fsp3) is 0.200. The second-order valence-electron chi connectivity index (χ2n) is 8.07. The minimum absolute atomic E-state index is 0.199. The summed E-state index contributed by atoms with van der Waals surface area (Å²) in [6.45, 7) is 5.76. The van der Waals surface area contributed by atoms with Crippen molar-refractivity contribution in [3.05, 3.63) is 83.9 Å². The molecule has 0 aliphatic heterocycles. The maximum atomic E-state index is 14.0. The number of aromatic nitrogens is 4. The van der Waals surface area contributed by atoms with E-state index in [0.29, 0.717) is 11.0 Å². The van der Waals surface area contributed by atoms with E-state index in [4.69, 9.17) is 0 Å². The molecule has 0 fully saturated rings. The van der Waals surface area contributed by atoms with Crippen molar-refractivity contribution in [1.82, 2.24) is 19.7 Å². The Kier molecular flexibility index (Phi) is 7.20. The van der Waals surface area contributed by atoms with Crippen molar-refractivity contribution in [3.63, 3.8) is 0 Å². The Morgan fingerprint density at radius 1 is 0.971 bits per heavy atom. The molecular weight excluding hydrogens is 475 g/mol. The number of carbonyl (C=O) groups is 1. The molecule has 2 heterocycles. The van der Waals surface area contributed by atoms with Crippen LogP contribution in [0.1, 0.15) is 32.3 Å². The molecule has 0 aliphatic carbocycles. The highest BCUT2D eigenvalue weighted by Gasteiger charge is 2.25. The van der Waals surface area contributed by atoms with E-state index in [1.165, 1.54) is 0 Å². The summed E-state index contributed by atoms with van der Waals surface area (Å²) in [4.78, 5) is 17.0. The first-order valence-corrected chi connectivity index (χ1v) is 11.7. The van der Waals surface area contributed by atoms with Crippen molar-refractivity contribution in [2.75, 3.05) is 5.32 Å². The van der Waals surface area contributed by atoms with Crippen LogP contribution in [0.2, 0.25) is 0 Å². The SMILES string of the molecule is CC(Sc1nnc(-c2cccnc2)n1-c1ccccc1C(C)C)C(=O)Nc1ccc(F)c(F)c1F. The van der Waals surface area contributed by atoms with Gasteiger partial charge in [0.25, 0.3) is 0 Å². The number of hydrogen-bond donors (Lipinski definition) is 1. The Hall–Kier alpha value is -3.66. The van der Waals surface area contributed by atoms with Crippen molar-refractivity contribution in [1.29, 1.82) is 0 Å². The maximum absolute atomic E-state index is 14.0. The summed E-state index contributed by atoms with van der Waals surface area (Å²) in [7, 11) is 0. The Morgan fingerprint density at radius 2 is 1.74 bits per heavy atom. The number of rotatable bonds is 7. The molecule has 1 atom stereocenters. The molecule has 10 heteroatoms. The number of thioether (sulfide) groups is 1. The van der Waals surface area contributed by atoms with Crippen molar-refractivity contribution in [2.45, 2.75) is 37.1 Å². The fourth-order valence-corrected chi connectivity index (χ4v) is 4.35. The zero-order valence-corrected chi connectivity index (χ0v) is 20.0. The van der Waals surface area contributed by atoms with Crippen LogP contribution in [-0.4, -0.2) is 30.9 Å². The van der Waals surface area contributed by atoms with Gasteiger partial charge in [0.2, 0.25) is 5.91 Å². The zero-order valence-electron chi connectivity index (χ0n) is 19.2. The number of benzene rings is 2. The number of nitrogens with zero attached hydrogens (tertiary/aromatic N) is 4. The van der Waals surface area contributed by atoms with Crippen LogP contribution >= 0.6 is 11.8 Å². The molecule has 0 radical (unpaired) electrons. The molecule has 35 heavy (non-hydrogen) atoms. The van der Waals surface area contributed by atoms with Crippen LogP contribution in [0, 0.1) is 17.5 Å². The number of carbonyl (C=O) groups excluding carboxylic acids is 1. The normalized spacial score (nSPS) is 12.1. The average Bonchev–Trinajstić information content (AvgIpc) is 3.28. The van der Waals surface area contributed by atoms with Crippen LogP contribution in [0.3, 0.4) is 0 Å². The largest absolute Gasteiger partial charge is 0.323 e. The monoisotopic (exact) mass is 497 g/mol. The van der Waals surface area contributed by atoms with Gasteiger partial charge < -0.3 is 5.32 Å². The molecule has 6 nitrogen and oxygen atoms in total. The van der Waals surface area contributed by atoms with E-state index in [9.17, 15) is 18.0 Å². The van der Waals surface area contributed by atoms with E-state index < -0.39 is 34.3 Å². The minimum Gasteiger partial charge on any atom is -0.323 e. The molecule has 0 bridgehead atoms. The molecule has 2 aromatic carbocycles. The summed E-state index contributed by atoms with van der Waals surface area (Å²) < 4.78 is 42.7. The summed E-state index contributed by atoms with van der Waals surface area (Å²) in [5, 5.41) is 10.7. The molecule has 0 spiro atoms. The molecule has 4 aromatic rings. The summed E-state index contributed by atoms with van der Waals surface area (Å²) >= 11 is 1.11. The highest BCUT2D eigenvalue weighted by Crippen LogP contribution is 2.33. The second-order valence-corrected chi connectivity index (χ2v) is 9.38. The van der Waals surface area contributed by atoms with E-state index in [1.54, 1.807) is 25.4 Å².